The van der Waals surface area contributed by atoms with Crippen LogP contribution in [0, 0.1) is 0 Å². The summed E-state index contributed by atoms with van der Waals surface area (Å²) in [6, 6.07) is 4.53. The number of piperazine rings is 1. The number of nitrogens with zero attached hydrogens (tertiary/aromatic N) is 3. The molecule has 146 valence electrons. The maximum atomic E-state index is 12.3. The quantitative estimate of drug-likeness (QED) is 0.702. The highest BCUT2D eigenvalue weighted by molar-refractivity contribution is 5.76. The molecule has 0 unspecified atom stereocenters. The smallest absolute Gasteiger partial charge is 0.290 e. The summed E-state index contributed by atoms with van der Waals surface area (Å²) in [7, 11) is 4.17. The molecule has 0 spiro atoms. The lowest BCUT2D eigenvalue weighted by atomic mass is 10.1. The third-order valence-electron chi connectivity index (χ3n) is 5.06. The fourth-order valence-corrected chi connectivity index (χ4v) is 3.47. The van der Waals surface area contributed by atoms with Crippen LogP contribution in [-0.4, -0.2) is 90.4 Å². The monoisotopic (exact) mass is 366 g/mol. The maximum Gasteiger partial charge on any atom is 0.290 e. The van der Waals surface area contributed by atoms with Crippen molar-refractivity contribution in [1.82, 2.24) is 19.7 Å². The van der Waals surface area contributed by atoms with Crippen LogP contribution >= 0.6 is 0 Å². The minimum absolute atomic E-state index is 0.124. The second kappa shape index (κ2) is 10.3. The van der Waals surface area contributed by atoms with Crippen LogP contribution < -0.4 is 5.32 Å². The third-order valence-corrected chi connectivity index (χ3v) is 5.06. The molecule has 2 aliphatic heterocycles. The highest BCUT2D eigenvalue weighted by Crippen LogP contribution is 2.16. The first kappa shape index (κ1) is 20.4. The second-order valence-electron chi connectivity index (χ2n) is 6.83. The van der Waals surface area contributed by atoms with Gasteiger partial charge < -0.3 is 24.6 Å². The van der Waals surface area contributed by atoms with E-state index >= 15 is 0 Å². The van der Waals surface area contributed by atoms with Crippen molar-refractivity contribution in [3.63, 3.8) is 0 Å². The lowest BCUT2D eigenvalue weighted by Gasteiger charge is -2.38. The molecule has 8 nitrogen and oxygen atoms in total. The summed E-state index contributed by atoms with van der Waals surface area (Å²) in [5, 5.41) is 10.1. The molecule has 1 aromatic rings. The Kier molecular flexibility index (Phi) is 8.08. The van der Waals surface area contributed by atoms with E-state index in [4.69, 9.17) is 14.6 Å². The van der Waals surface area contributed by atoms with Crippen LogP contribution in [0.5, 0.6) is 0 Å². The van der Waals surface area contributed by atoms with Gasteiger partial charge in [-0.05, 0) is 25.6 Å². The van der Waals surface area contributed by atoms with Gasteiger partial charge in [-0.25, -0.2) is 0 Å². The molecule has 3 heterocycles. The van der Waals surface area contributed by atoms with Gasteiger partial charge in [-0.15, -0.1) is 0 Å². The Hall–Kier alpha value is -1.90. The fourth-order valence-electron chi connectivity index (χ4n) is 3.47. The molecule has 0 aromatic carbocycles. The zero-order valence-electron chi connectivity index (χ0n) is 15.6. The number of hydrogen-bond donors (Lipinski definition) is 2. The van der Waals surface area contributed by atoms with E-state index < -0.39 is 0 Å². The van der Waals surface area contributed by atoms with Crippen LogP contribution in [0.25, 0.3) is 0 Å². The molecule has 2 aliphatic rings. The minimum atomic E-state index is -0.250. The zero-order chi connectivity index (χ0) is 18.9. The molecule has 1 amide bonds. The van der Waals surface area contributed by atoms with Crippen LogP contribution in [0.15, 0.2) is 18.3 Å². The topological polar surface area (TPSA) is 87.0 Å². The van der Waals surface area contributed by atoms with Gasteiger partial charge in [0.05, 0.1) is 25.3 Å². The normalized spacial score (nSPS) is 23.9. The SMILES string of the molecule is CN1CCN([C@H]2COC[C@@H]2NC(=O)CCc2cccn2C)CC1.O=CO. The van der Waals surface area contributed by atoms with Crippen molar-refractivity contribution in [2.24, 2.45) is 7.05 Å². The molecule has 2 N–H and O–H groups in total. The van der Waals surface area contributed by atoms with Gasteiger partial charge in [0.1, 0.15) is 0 Å². The van der Waals surface area contributed by atoms with Crippen LogP contribution in [0.1, 0.15) is 12.1 Å². The summed E-state index contributed by atoms with van der Waals surface area (Å²) in [5.74, 6) is 0.126. The average Bonchev–Trinajstić information content (AvgIpc) is 3.23. The number of ether oxygens (including phenoxy) is 1. The van der Waals surface area contributed by atoms with Crippen molar-refractivity contribution < 1.29 is 19.4 Å². The van der Waals surface area contributed by atoms with Gasteiger partial charge in [-0.1, -0.05) is 0 Å². The Labute approximate surface area is 154 Å². The molecule has 2 saturated heterocycles. The van der Waals surface area contributed by atoms with Crippen molar-refractivity contribution in [3.05, 3.63) is 24.0 Å². The summed E-state index contributed by atoms with van der Waals surface area (Å²) in [6.07, 6.45) is 3.33. The van der Waals surface area contributed by atoms with E-state index in [9.17, 15) is 4.79 Å². The van der Waals surface area contributed by atoms with Gasteiger partial charge in [0.15, 0.2) is 0 Å². The van der Waals surface area contributed by atoms with Crippen molar-refractivity contribution in [1.29, 1.82) is 0 Å². The molecule has 2 fully saturated rings. The fraction of sp³-hybridized carbons (Fsp3) is 0.667. The van der Waals surface area contributed by atoms with E-state index in [1.165, 1.54) is 5.69 Å². The van der Waals surface area contributed by atoms with E-state index in [1.807, 2.05) is 19.3 Å². The number of carbonyl (C=O) groups excluding carboxylic acids is 1. The predicted octanol–water partition coefficient (Wildman–Crippen LogP) is -0.210. The highest BCUT2D eigenvalue weighted by atomic mass is 16.5. The first-order valence-corrected chi connectivity index (χ1v) is 9.03. The van der Waals surface area contributed by atoms with E-state index in [0.29, 0.717) is 19.1 Å². The molecular weight excluding hydrogens is 336 g/mol. The van der Waals surface area contributed by atoms with Crippen molar-refractivity contribution in [3.8, 4) is 0 Å². The largest absolute Gasteiger partial charge is 0.483 e. The third kappa shape index (κ3) is 5.82. The van der Waals surface area contributed by atoms with Gasteiger partial charge in [0.25, 0.3) is 6.47 Å². The predicted molar refractivity (Wildman–Crippen MR) is 98.0 cm³/mol. The van der Waals surface area contributed by atoms with E-state index in [1.54, 1.807) is 0 Å². The van der Waals surface area contributed by atoms with Crippen LogP contribution in [0.4, 0.5) is 0 Å². The standard InChI is InChI=1S/C17H28N4O2.CH2O2/c1-19-8-10-21(11-9-19)16-13-23-12-15(16)18-17(22)6-5-14-4-3-7-20(14)2;2-1-3/h3-4,7,15-16H,5-6,8-13H2,1-2H3,(H,18,22);1H,(H,2,3)/t15-,16-;/m0./s1. The zero-order valence-corrected chi connectivity index (χ0v) is 15.6. The second-order valence-corrected chi connectivity index (χ2v) is 6.83. The number of hydrogen-bond acceptors (Lipinski definition) is 5. The number of nitrogens with one attached hydrogen (secondary N) is 1. The number of carboxylic acid groups (broad SMARTS) is 1. The number of likely N-dealkylation sites (N-methyl/N-ethyl adjacent to an activating group) is 1. The van der Waals surface area contributed by atoms with Crippen molar-refractivity contribution >= 4 is 12.4 Å². The highest BCUT2D eigenvalue weighted by Gasteiger charge is 2.35. The Morgan fingerprint density at radius 1 is 1.31 bits per heavy atom. The van der Waals surface area contributed by atoms with E-state index in [0.717, 1.165) is 39.2 Å². The lowest BCUT2D eigenvalue weighted by molar-refractivity contribution is -0.123. The van der Waals surface area contributed by atoms with E-state index in [2.05, 4.69) is 32.8 Å². The molecule has 3 rings (SSSR count). The average molecular weight is 366 g/mol. The first-order chi connectivity index (χ1) is 12.5. The number of rotatable bonds is 5. The molecule has 1 aromatic heterocycles. The van der Waals surface area contributed by atoms with Gasteiger partial charge in [-0.2, -0.15) is 0 Å². The summed E-state index contributed by atoms with van der Waals surface area (Å²) >= 11 is 0. The van der Waals surface area contributed by atoms with Gasteiger partial charge >= 0.3 is 0 Å². The lowest BCUT2D eigenvalue weighted by Crippen LogP contribution is -2.56. The molecule has 0 bridgehead atoms. The van der Waals surface area contributed by atoms with Crippen LogP contribution in [0.2, 0.25) is 0 Å². The molecule has 0 radical (unpaired) electrons. The van der Waals surface area contributed by atoms with Crippen LogP contribution in [0.3, 0.4) is 0 Å². The Morgan fingerprint density at radius 3 is 2.62 bits per heavy atom. The number of amides is 1. The van der Waals surface area contributed by atoms with E-state index in [-0.39, 0.29) is 18.4 Å². The summed E-state index contributed by atoms with van der Waals surface area (Å²) in [4.78, 5) is 25.5. The Balaban J connectivity index is 0.000000758. The molecule has 2 atom stereocenters. The van der Waals surface area contributed by atoms with Crippen LogP contribution in [-0.2, 0) is 27.8 Å². The summed E-state index contributed by atoms with van der Waals surface area (Å²) in [5.41, 5.74) is 1.19. The number of aromatic nitrogens is 1. The van der Waals surface area contributed by atoms with Gasteiger partial charge in [0.2, 0.25) is 5.91 Å². The molecule has 0 saturated carbocycles. The first-order valence-electron chi connectivity index (χ1n) is 9.03. The number of carbonyl (C=O) groups is 2. The minimum Gasteiger partial charge on any atom is -0.483 e. The summed E-state index contributed by atoms with van der Waals surface area (Å²) in [6.45, 7) is 5.40. The van der Waals surface area contributed by atoms with Gasteiger partial charge in [-0.3, -0.25) is 14.5 Å². The Bertz CT molecular complexity index is 569. The number of aryl methyl sites for hydroxylation is 2. The molecular formula is C18H30N4O4. The maximum absolute atomic E-state index is 12.3. The van der Waals surface area contributed by atoms with Crippen molar-refractivity contribution in [2.75, 3.05) is 46.4 Å². The molecule has 8 heteroatoms. The molecule has 0 aliphatic carbocycles. The Morgan fingerprint density at radius 2 is 2.00 bits per heavy atom. The molecule has 26 heavy (non-hydrogen) atoms. The van der Waals surface area contributed by atoms with Crippen molar-refractivity contribution in [2.45, 2.75) is 24.9 Å². The summed E-state index contributed by atoms with van der Waals surface area (Å²) < 4.78 is 7.71. The van der Waals surface area contributed by atoms with Gasteiger partial charge in [0, 0.05) is 51.5 Å².